The molecule has 1 atom stereocenters. The minimum absolute atomic E-state index is 0.0557. The molecule has 0 saturated carbocycles. The molecular weight excluding hydrogens is 484 g/mol. The quantitative estimate of drug-likeness (QED) is 0.444. The highest BCUT2D eigenvalue weighted by Gasteiger charge is 2.41. The van der Waals surface area contributed by atoms with Gasteiger partial charge in [-0.15, -0.1) is 4.80 Å². The largest absolute Gasteiger partial charge is 0.497 e. The molecule has 2 aromatic heterocycles. The van der Waals surface area contributed by atoms with Crippen molar-refractivity contribution in [3.63, 3.8) is 0 Å². The SMILES string of the molecule is CCOC(=O)c1c(NC(=O)NC2(C)CC(=O)N(Cc3ccc(OC)cc3)C2)sc(-n2nccn2)c1C. The summed E-state index contributed by atoms with van der Waals surface area (Å²) in [5.41, 5.74) is 1.03. The number of carbonyl (C=O) groups is 3. The van der Waals surface area contributed by atoms with Gasteiger partial charge < -0.3 is 19.7 Å². The van der Waals surface area contributed by atoms with E-state index in [2.05, 4.69) is 20.8 Å². The van der Waals surface area contributed by atoms with E-state index in [-0.39, 0.29) is 24.5 Å². The van der Waals surface area contributed by atoms with Crippen molar-refractivity contribution in [2.45, 2.75) is 39.3 Å². The number of carbonyl (C=O) groups excluding carboxylic acids is 3. The number of amides is 3. The first-order valence-electron chi connectivity index (χ1n) is 11.4. The Hall–Kier alpha value is -3.93. The highest BCUT2D eigenvalue weighted by atomic mass is 32.1. The molecule has 11 nitrogen and oxygen atoms in total. The number of thiophene rings is 1. The van der Waals surface area contributed by atoms with Gasteiger partial charge in [0.2, 0.25) is 5.91 Å². The molecule has 2 N–H and O–H groups in total. The molecular formula is C24H28N6O5S. The molecule has 0 aliphatic carbocycles. The third kappa shape index (κ3) is 5.33. The molecule has 1 fully saturated rings. The van der Waals surface area contributed by atoms with Gasteiger partial charge >= 0.3 is 12.0 Å². The molecule has 3 amide bonds. The smallest absolute Gasteiger partial charge is 0.341 e. The highest BCUT2D eigenvalue weighted by molar-refractivity contribution is 7.19. The van der Waals surface area contributed by atoms with Crippen LogP contribution in [0.2, 0.25) is 0 Å². The predicted molar refractivity (Wildman–Crippen MR) is 134 cm³/mol. The van der Waals surface area contributed by atoms with Gasteiger partial charge in [0.15, 0.2) is 0 Å². The Kier molecular flexibility index (Phi) is 7.25. The van der Waals surface area contributed by atoms with Crippen molar-refractivity contribution in [2.75, 3.05) is 25.6 Å². The maximum atomic E-state index is 13.0. The number of hydrogen-bond acceptors (Lipinski definition) is 8. The van der Waals surface area contributed by atoms with Gasteiger partial charge in [-0.1, -0.05) is 23.5 Å². The molecule has 3 aromatic rings. The fraction of sp³-hybridized carbons (Fsp3) is 0.375. The molecule has 36 heavy (non-hydrogen) atoms. The molecule has 0 bridgehead atoms. The van der Waals surface area contributed by atoms with Gasteiger partial charge in [0.1, 0.15) is 15.8 Å². The van der Waals surface area contributed by atoms with Crippen LogP contribution in [0.3, 0.4) is 0 Å². The third-order valence-electron chi connectivity index (χ3n) is 5.81. The molecule has 1 aliphatic rings. The number of ether oxygens (including phenoxy) is 2. The number of esters is 1. The fourth-order valence-electron chi connectivity index (χ4n) is 4.15. The average Bonchev–Trinajstić information content (AvgIpc) is 3.53. The van der Waals surface area contributed by atoms with Crippen LogP contribution in [0, 0.1) is 6.92 Å². The number of aromatic nitrogens is 3. The number of hydrogen-bond donors (Lipinski definition) is 2. The second-order valence-electron chi connectivity index (χ2n) is 8.69. The summed E-state index contributed by atoms with van der Waals surface area (Å²) >= 11 is 1.17. The first-order chi connectivity index (χ1) is 17.2. The standard InChI is InChI=1S/C24H28N6O5S/c1-5-35-22(32)19-15(2)21(30-25-10-11-26-30)36-20(19)27-23(33)28-24(3)12-18(31)29(14-24)13-16-6-8-17(34-4)9-7-16/h6-11H,5,12-14H2,1-4H3,(H2,27,28,33). The number of benzene rings is 1. The van der Waals surface area contributed by atoms with E-state index in [0.717, 1.165) is 11.3 Å². The lowest BCUT2D eigenvalue weighted by Gasteiger charge is -2.25. The summed E-state index contributed by atoms with van der Waals surface area (Å²) in [5, 5.41) is 14.8. The van der Waals surface area contributed by atoms with Crippen molar-refractivity contribution in [1.29, 1.82) is 0 Å². The number of likely N-dealkylation sites (tertiary alicyclic amines) is 1. The van der Waals surface area contributed by atoms with Gasteiger partial charge in [0.25, 0.3) is 0 Å². The second kappa shape index (κ2) is 10.4. The first kappa shape index (κ1) is 25.2. The summed E-state index contributed by atoms with van der Waals surface area (Å²) in [5.74, 6) is 0.139. The van der Waals surface area contributed by atoms with Crippen molar-refractivity contribution >= 4 is 34.2 Å². The van der Waals surface area contributed by atoms with Gasteiger partial charge in [-0.3, -0.25) is 10.1 Å². The number of methoxy groups -OCH3 is 1. The van der Waals surface area contributed by atoms with E-state index >= 15 is 0 Å². The number of nitrogens with zero attached hydrogens (tertiary/aromatic N) is 4. The Balaban J connectivity index is 1.47. The molecule has 0 radical (unpaired) electrons. The summed E-state index contributed by atoms with van der Waals surface area (Å²) in [6.07, 6.45) is 3.21. The normalized spacial score (nSPS) is 17.2. The molecule has 4 rings (SSSR count). The zero-order valence-electron chi connectivity index (χ0n) is 20.5. The Labute approximate surface area is 212 Å². The van der Waals surface area contributed by atoms with Crippen LogP contribution in [0.1, 0.15) is 41.8 Å². The molecule has 1 aliphatic heterocycles. The van der Waals surface area contributed by atoms with E-state index in [1.165, 1.54) is 28.5 Å². The van der Waals surface area contributed by atoms with Gasteiger partial charge in [-0.25, -0.2) is 9.59 Å². The Morgan fingerprint density at radius 2 is 1.89 bits per heavy atom. The zero-order chi connectivity index (χ0) is 25.9. The van der Waals surface area contributed by atoms with E-state index < -0.39 is 17.5 Å². The molecule has 1 saturated heterocycles. The van der Waals surface area contributed by atoms with Crippen LogP contribution in [0.25, 0.3) is 5.00 Å². The Bertz CT molecular complexity index is 1260. The fourth-order valence-corrected chi connectivity index (χ4v) is 5.26. The maximum absolute atomic E-state index is 13.0. The van der Waals surface area contributed by atoms with E-state index in [1.807, 2.05) is 31.2 Å². The summed E-state index contributed by atoms with van der Waals surface area (Å²) < 4.78 is 10.4. The summed E-state index contributed by atoms with van der Waals surface area (Å²) in [4.78, 5) is 41.5. The Morgan fingerprint density at radius 1 is 1.19 bits per heavy atom. The average molecular weight is 513 g/mol. The lowest BCUT2D eigenvalue weighted by Crippen LogP contribution is -2.49. The lowest BCUT2D eigenvalue weighted by atomic mass is 10.0. The van der Waals surface area contributed by atoms with Crippen molar-refractivity contribution in [2.24, 2.45) is 0 Å². The monoisotopic (exact) mass is 512 g/mol. The van der Waals surface area contributed by atoms with E-state index in [4.69, 9.17) is 9.47 Å². The van der Waals surface area contributed by atoms with Crippen LogP contribution in [-0.4, -0.2) is 63.6 Å². The van der Waals surface area contributed by atoms with Gasteiger partial charge in [0.05, 0.1) is 43.6 Å². The van der Waals surface area contributed by atoms with E-state index in [1.54, 1.807) is 25.9 Å². The number of nitrogens with one attached hydrogen (secondary N) is 2. The molecule has 0 spiro atoms. The van der Waals surface area contributed by atoms with E-state index in [0.29, 0.717) is 28.7 Å². The zero-order valence-corrected chi connectivity index (χ0v) is 21.3. The van der Waals surface area contributed by atoms with Crippen molar-refractivity contribution < 1.29 is 23.9 Å². The lowest BCUT2D eigenvalue weighted by molar-refractivity contribution is -0.128. The van der Waals surface area contributed by atoms with Crippen molar-refractivity contribution in [3.8, 4) is 10.8 Å². The molecule has 3 heterocycles. The van der Waals surface area contributed by atoms with E-state index in [9.17, 15) is 14.4 Å². The van der Waals surface area contributed by atoms with Crippen molar-refractivity contribution in [3.05, 3.63) is 53.3 Å². The first-order valence-corrected chi connectivity index (χ1v) is 12.2. The highest BCUT2D eigenvalue weighted by Crippen LogP contribution is 2.36. The number of anilines is 1. The molecule has 1 unspecified atom stereocenters. The molecule has 12 heteroatoms. The van der Waals surface area contributed by atoms with Gasteiger partial charge in [-0.2, -0.15) is 10.2 Å². The number of rotatable bonds is 8. The molecule has 1 aromatic carbocycles. The van der Waals surface area contributed by atoms with Crippen LogP contribution in [0.15, 0.2) is 36.7 Å². The maximum Gasteiger partial charge on any atom is 0.341 e. The second-order valence-corrected chi connectivity index (χ2v) is 9.69. The summed E-state index contributed by atoms with van der Waals surface area (Å²) in [6, 6.07) is 6.98. The summed E-state index contributed by atoms with van der Waals surface area (Å²) in [7, 11) is 1.60. The molecule has 190 valence electrons. The Morgan fingerprint density at radius 3 is 2.53 bits per heavy atom. The summed E-state index contributed by atoms with van der Waals surface area (Å²) in [6.45, 7) is 6.26. The predicted octanol–water partition coefficient (Wildman–Crippen LogP) is 3.14. The van der Waals surface area contributed by atoms with Crippen LogP contribution in [-0.2, 0) is 16.1 Å². The minimum Gasteiger partial charge on any atom is -0.497 e. The van der Waals surface area contributed by atoms with Gasteiger partial charge in [0, 0.05) is 18.7 Å². The third-order valence-corrected chi connectivity index (χ3v) is 6.98. The van der Waals surface area contributed by atoms with Gasteiger partial charge in [-0.05, 0) is 38.5 Å². The minimum atomic E-state index is -0.781. The van der Waals surface area contributed by atoms with Crippen LogP contribution in [0.4, 0.5) is 9.80 Å². The number of urea groups is 1. The van der Waals surface area contributed by atoms with Crippen LogP contribution in [0.5, 0.6) is 5.75 Å². The van der Waals surface area contributed by atoms with Crippen LogP contribution < -0.4 is 15.4 Å². The van der Waals surface area contributed by atoms with Crippen LogP contribution >= 0.6 is 11.3 Å². The van der Waals surface area contributed by atoms with Crippen molar-refractivity contribution in [1.82, 2.24) is 25.2 Å². The topological polar surface area (TPSA) is 128 Å².